The average Bonchev–Trinajstić information content (AvgIpc) is 2.14. The Morgan fingerprint density at radius 2 is 2.15 bits per heavy atom. The maximum atomic E-state index is 9.95. The van der Waals surface area contributed by atoms with Gasteiger partial charge in [-0.3, -0.25) is 0 Å². The van der Waals surface area contributed by atoms with E-state index in [1.807, 2.05) is 0 Å². The van der Waals surface area contributed by atoms with E-state index < -0.39 is 6.09 Å². The summed E-state index contributed by atoms with van der Waals surface area (Å²) in [6.45, 7) is 0.339. The number of hydrogen-bond acceptors (Lipinski definition) is 4. The molecule has 1 heterocycles. The number of hydrogen-bond donors (Lipinski definition) is 1. The minimum absolute atomic E-state index is 0.339. The number of carbonyl (C=O) groups is 1. The predicted molar refractivity (Wildman–Crippen MR) is 46.8 cm³/mol. The molecule has 0 fully saturated rings. The Kier molecular flexibility index (Phi) is 4.04. The molecule has 0 bridgehead atoms. The zero-order valence-electron chi connectivity index (χ0n) is 6.77. The van der Waals surface area contributed by atoms with Crippen molar-refractivity contribution >= 4 is 17.9 Å². The molecule has 0 aromatic carbocycles. The second-order valence-corrected chi connectivity index (χ2v) is 3.16. The second-order valence-electron chi connectivity index (χ2n) is 2.09. The molecule has 1 radical (unpaired) electrons. The molecule has 1 aromatic heterocycles. The molecule has 0 saturated heterocycles. The van der Waals surface area contributed by atoms with Crippen molar-refractivity contribution in [3.8, 4) is 0 Å². The van der Waals surface area contributed by atoms with Crippen LogP contribution in [0.4, 0.5) is 4.79 Å². The Morgan fingerprint density at radius 1 is 1.46 bits per heavy atom. The number of nitrogens with zero attached hydrogens (tertiary/aromatic N) is 2. The minimum atomic E-state index is -1.26. The molecule has 0 unspecified atom stereocenters. The highest BCUT2D eigenvalue weighted by molar-refractivity contribution is 7.99. The van der Waals surface area contributed by atoms with E-state index in [2.05, 4.69) is 15.3 Å². The molecule has 0 saturated carbocycles. The SMILES string of the molecule is [O]C(=O)NCCSc1ncccn1. The molecule has 1 rings (SSSR count). The first-order valence-corrected chi connectivity index (χ1v) is 4.62. The van der Waals surface area contributed by atoms with E-state index in [1.165, 1.54) is 11.8 Å². The Morgan fingerprint density at radius 3 is 2.77 bits per heavy atom. The number of nitrogens with one attached hydrogen (secondary N) is 1. The van der Waals surface area contributed by atoms with Crippen LogP contribution in [0.15, 0.2) is 23.6 Å². The molecule has 0 aliphatic rings. The van der Waals surface area contributed by atoms with Gasteiger partial charge in [0.25, 0.3) is 0 Å². The van der Waals surface area contributed by atoms with Gasteiger partial charge in [0.15, 0.2) is 5.16 Å². The Labute approximate surface area is 79.6 Å². The van der Waals surface area contributed by atoms with Gasteiger partial charge < -0.3 is 5.32 Å². The first kappa shape index (κ1) is 9.79. The molecule has 6 heteroatoms. The molecule has 0 aliphatic carbocycles. The van der Waals surface area contributed by atoms with Gasteiger partial charge in [-0.05, 0) is 6.07 Å². The minimum Gasteiger partial charge on any atom is -0.318 e. The number of carbonyl (C=O) groups excluding carboxylic acids is 1. The Hall–Kier alpha value is -1.30. The van der Waals surface area contributed by atoms with Crippen molar-refractivity contribution in [1.82, 2.24) is 15.3 Å². The van der Waals surface area contributed by atoms with Crippen LogP contribution in [0.3, 0.4) is 0 Å². The summed E-state index contributed by atoms with van der Waals surface area (Å²) in [6, 6.07) is 1.73. The lowest BCUT2D eigenvalue weighted by molar-refractivity contribution is 0.169. The van der Waals surface area contributed by atoms with Crippen molar-refractivity contribution in [2.45, 2.75) is 5.16 Å². The van der Waals surface area contributed by atoms with E-state index in [0.29, 0.717) is 17.5 Å². The summed E-state index contributed by atoms with van der Waals surface area (Å²) in [4.78, 5) is 17.9. The molecular weight excluding hydrogens is 190 g/mol. The summed E-state index contributed by atoms with van der Waals surface area (Å²) in [5.74, 6) is 0.595. The lowest BCUT2D eigenvalue weighted by Crippen LogP contribution is -2.22. The zero-order chi connectivity index (χ0) is 9.52. The van der Waals surface area contributed by atoms with Crippen LogP contribution in [0, 0.1) is 0 Å². The fraction of sp³-hybridized carbons (Fsp3) is 0.286. The van der Waals surface area contributed by atoms with Crippen LogP contribution in [0.2, 0.25) is 0 Å². The number of amides is 1. The van der Waals surface area contributed by atoms with Gasteiger partial charge in [0.05, 0.1) is 0 Å². The van der Waals surface area contributed by atoms with E-state index in [9.17, 15) is 9.90 Å². The number of aromatic nitrogens is 2. The van der Waals surface area contributed by atoms with Gasteiger partial charge >= 0.3 is 6.09 Å². The highest BCUT2D eigenvalue weighted by atomic mass is 32.2. The van der Waals surface area contributed by atoms with E-state index >= 15 is 0 Å². The topological polar surface area (TPSA) is 74.8 Å². The van der Waals surface area contributed by atoms with Crippen molar-refractivity contribution in [3.05, 3.63) is 18.5 Å². The smallest absolute Gasteiger partial charge is 0.318 e. The molecular formula is C7H8N3O2S. The van der Waals surface area contributed by atoms with Crippen molar-refractivity contribution in [3.63, 3.8) is 0 Å². The first-order chi connectivity index (χ1) is 6.29. The molecule has 0 aliphatic heterocycles. The fourth-order valence-corrected chi connectivity index (χ4v) is 1.31. The van der Waals surface area contributed by atoms with Gasteiger partial charge in [-0.15, -0.1) is 0 Å². The summed E-state index contributed by atoms with van der Waals surface area (Å²) in [6.07, 6.45) is 2.03. The quantitative estimate of drug-likeness (QED) is 0.439. The van der Waals surface area contributed by atoms with Crippen molar-refractivity contribution in [2.24, 2.45) is 0 Å². The molecule has 0 atom stereocenters. The predicted octanol–water partition coefficient (Wildman–Crippen LogP) is 0.709. The van der Waals surface area contributed by atoms with Crippen molar-refractivity contribution in [1.29, 1.82) is 0 Å². The maximum Gasteiger partial charge on any atom is 0.450 e. The van der Waals surface area contributed by atoms with E-state index in [-0.39, 0.29) is 0 Å². The Bertz CT molecular complexity index is 268. The summed E-state index contributed by atoms with van der Waals surface area (Å²) in [5.41, 5.74) is 0. The largest absolute Gasteiger partial charge is 0.450 e. The Balaban J connectivity index is 2.17. The summed E-state index contributed by atoms with van der Waals surface area (Å²) < 4.78 is 0. The van der Waals surface area contributed by atoms with Crippen LogP contribution in [0.5, 0.6) is 0 Å². The van der Waals surface area contributed by atoms with Gasteiger partial charge in [0.1, 0.15) is 0 Å². The van der Waals surface area contributed by atoms with Crippen molar-refractivity contribution < 1.29 is 9.90 Å². The van der Waals surface area contributed by atoms with Crippen LogP contribution >= 0.6 is 11.8 Å². The molecule has 1 N–H and O–H groups in total. The lowest BCUT2D eigenvalue weighted by Gasteiger charge is -1.98. The molecule has 5 nitrogen and oxygen atoms in total. The van der Waals surface area contributed by atoms with E-state index in [4.69, 9.17) is 0 Å². The number of rotatable bonds is 4. The van der Waals surface area contributed by atoms with Crippen LogP contribution < -0.4 is 5.32 Å². The van der Waals surface area contributed by atoms with E-state index in [1.54, 1.807) is 18.5 Å². The van der Waals surface area contributed by atoms with Gasteiger partial charge in [-0.2, -0.15) is 0 Å². The molecule has 13 heavy (non-hydrogen) atoms. The van der Waals surface area contributed by atoms with Gasteiger partial charge in [-0.1, -0.05) is 11.8 Å². The second kappa shape index (κ2) is 5.36. The standard InChI is InChI=1S/C7H8N3O2S/c11-7(12)10-4-5-13-6-8-2-1-3-9-6/h1-3,10H,4-5H2. The van der Waals surface area contributed by atoms with Gasteiger partial charge in [0, 0.05) is 24.7 Å². The molecule has 69 valence electrons. The third kappa shape index (κ3) is 4.32. The van der Waals surface area contributed by atoms with E-state index in [0.717, 1.165) is 0 Å². The normalized spacial score (nSPS) is 9.54. The van der Waals surface area contributed by atoms with Crippen LogP contribution in [0.25, 0.3) is 0 Å². The highest BCUT2D eigenvalue weighted by Crippen LogP contribution is 2.08. The monoisotopic (exact) mass is 198 g/mol. The van der Waals surface area contributed by atoms with Gasteiger partial charge in [0.2, 0.25) is 0 Å². The number of thioether (sulfide) groups is 1. The third-order valence-corrected chi connectivity index (χ3v) is 2.02. The highest BCUT2D eigenvalue weighted by Gasteiger charge is 1.98. The maximum absolute atomic E-state index is 9.95. The van der Waals surface area contributed by atoms with Gasteiger partial charge in [-0.25, -0.2) is 19.9 Å². The third-order valence-electron chi connectivity index (χ3n) is 1.14. The van der Waals surface area contributed by atoms with Crippen LogP contribution in [-0.4, -0.2) is 28.4 Å². The van der Waals surface area contributed by atoms with Crippen LogP contribution in [-0.2, 0) is 5.11 Å². The van der Waals surface area contributed by atoms with Crippen molar-refractivity contribution in [2.75, 3.05) is 12.3 Å². The first-order valence-electron chi connectivity index (χ1n) is 3.63. The summed E-state index contributed by atoms with van der Waals surface area (Å²) in [5, 5.41) is 12.7. The lowest BCUT2D eigenvalue weighted by atomic mass is 10.7. The molecule has 1 amide bonds. The molecule has 1 aromatic rings. The zero-order valence-corrected chi connectivity index (χ0v) is 7.58. The summed E-state index contributed by atoms with van der Waals surface area (Å²) in [7, 11) is 0. The summed E-state index contributed by atoms with van der Waals surface area (Å²) >= 11 is 1.39. The van der Waals surface area contributed by atoms with Crippen LogP contribution in [0.1, 0.15) is 0 Å². The fourth-order valence-electron chi connectivity index (χ4n) is 0.655. The average molecular weight is 198 g/mol. The molecule has 0 spiro atoms.